The van der Waals surface area contributed by atoms with E-state index >= 15 is 0 Å². The number of carbonyl (C=O) groups excluding carboxylic acids is 1. The van der Waals surface area contributed by atoms with Crippen molar-refractivity contribution in [1.82, 2.24) is 10.6 Å². The number of carbonyl (C=O) groups is 1. The second kappa shape index (κ2) is 9.60. The Bertz CT molecular complexity index is 502. The fourth-order valence-corrected chi connectivity index (χ4v) is 3.15. The van der Waals surface area contributed by atoms with Gasteiger partial charge in [-0.1, -0.05) is 18.5 Å². The maximum Gasteiger partial charge on any atom is 0.223 e. The summed E-state index contributed by atoms with van der Waals surface area (Å²) in [5.74, 6) is 1.20. The van der Waals surface area contributed by atoms with Crippen LogP contribution in [0.5, 0.6) is 5.75 Å². The molecule has 1 aromatic rings. The number of amides is 1. The number of piperidine rings is 1. The molecular formula is C15H21BrCl2N2O2. The summed E-state index contributed by atoms with van der Waals surface area (Å²) in [5.41, 5.74) is 0. The van der Waals surface area contributed by atoms with Crippen LogP contribution in [0, 0.1) is 5.92 Å². The molecule has 0 bridgehead atoms. The Morgan fingerprint density at radius 1 is 1.55 bits per heavy atom. The molecule has 1 heterocycles. The third-order valence-electron chi connectivity index (χ3n) is 3.61. The van der Waals surface area contributed by atoms with E-state index in [1.54, 1.807) is 18.2 Å². The highest BCUT2D eigenvalue weighted by atomic mass is 79.9. The van der Waals surface area contributed by atoms with E-state index in [9.17, 15) is 4.79 Å². The van der Waals surface area contributed by atoms with Crippen molar-refractivity contribution in [3.63, 3.8) is 0 Å². The van der Waals surface area contributed by atoms with Crippen molar-refractivity contribution in [2.24, 2.45) is 5.92 Å². The van der Waals surface area contributed by atoms with E-state index in [4.69, 9.17) is 16.3 Å². The summed E-state index contributed by atoms with van der Waals surface area (Å²) >= 11 is 9.25. The zero-order chi connectivity index (χ0) is 15.2. The summed E-state index contributed by atoms with van der Waals surface area (Å²) in [5, 5.41) is 7.05. The van der Waals surface area contributed by atoms with Crippen molar-refractivity contribution in [2.75, 3.05) is 19.7 Å². The van der Waals surface area contributed by atoms with Gasteiger partial charge in [-0.05, 0) is 59.6 Å². The molecule has 1 saturated heterocycles. The smallest absolute Gasteiger partial charge is 0.223 e. The average molecular weight is 412 g/mol. The monoisotopic (exact) mass is 410 g/mol. The van der Waals surface area contributed by atoms with Crippen molar-refractivity contribution in [2.45, 2.75) is 25.8 Å². The third-order valence-corrected chi connectivity index (χ3v) is 4.47. The maximum absolute atomic E-state index is 11.9. The molecule has 22 heavy (non-hydrogen) atoms. The molecule has 124 valence electrons. The first-order valence-electron chi connectivity index (χ1n) is 7.14. The summed E-state index contributed by atoms with van der Waals surface area (Å²) in [7, 11) is 0. The molecule has 2 rings (SSSR count). The number of hydrogen-bond acceptors (Lipinski definition) is 3. The maximum atomic E-state index is 11.9. The molecule has 1 aromatic carbocycles. The molecule has 1 amide bonds. The lowest BCUT2D eigenvalue weighted by Gasteiger charge is -2.30. The van der Waals surface area contributed by atoms with Crippen LogP contribution in [0.4, 0.5) is 0 Å². The summed E-state index contributed by atoms with van der Waals surface area (Å²) in [6, 6.07) is 5.59. The van der Waals surface area contributed by atoms with Crippen LogP contribution in [-0.4, -0.2) is 31.6 Å². The number of halogens is 3. The van der Waals surface area contributed by atoms with Gasteiger partial charge >= 0.3 is 0 Å². The quantitative estimate of drug-likeness (QED) is 0.780. The first-order chi connectivity index (χ1) is 10.1. The van der Waals surface area contributed by atoms with Gasteiger partial charge in [-0.25, -0.2) is 0 Å². The molecule has 7 heteroatoms. The Morgan fingerprint density at radius 3 is 3.00 bits per heavy atom. The molecule has 4 nitrogen and oxygen atoms in total. The van der Waals surface area contributed by atoms with Crippen LogP contribution in [0.1, 0.15) is 19.8 Å². The zero-order valence-corrected chi connectivity index (χ0v) is 15.6. The molecule has 0 aliphatic carbocycles. The third kappa shape index (κ3) is 5.95. The summed E-state index contributed by atoms with van der Waals surface area (Å²) in [6.45, 7) is 4.42. The predicted octanol–water partition coefficient (Wildman–Crippen LogP) is 3.41. The van der Waals surface area contributed by atoms with Gasteiger partial charge in [-0.2, -0.15) is 0 Å². The van der Waals surface area contributed by atoms with Gasteiger partial charge in [0, 0.05) is 11.1 Å². The van der Waals surface area contributed by atoms with E-state index in [0.29, 0.717) is 29.7 Å². The minimum atomic E-state index is 0. The fourth-order valence-electron chi connectivity index (χ4n) is 2.35. The largest absolute Gasteiger partial charge is 0.492 e. The van der Waals surface area contributed by atoms with Gasteiger partial charge in [0.2, 0.25) is 5.91 Å². The van der Waals surface area contributed by atoms with E-state index < -0.39 is 0 Å². The van der Waals surface area contributed by atoms with Gasteiger partial charge in [-0.15, -0.1) is 12.4 Å². The molecule has 2 unspecified atom stereocenters. The topological polar surface area (TPSA) is 50.4 Å². The number of ether oxygens (including phenoxy) is 1. The van der Waals surface area contributed by atoms with Crippen molar-refractivity contribution in [1.29, 1.82) is 0 Å². The average Bonchev–Trinajstić information content (AvgIpc) is 2.44. The lowest BCUT2D eigenvalue weighted by atomic mass is 9.95. The van der Waals surface area contributed by atoms with Crippen molar-refractivity contribution < 1.29 is 9.53 Å². The van der Waals surface area contributed by atoms with Crippen LogP contribution in [0.2, 0.25) is 5.02 Å². The fraction of sp³-hybridized carbons (Fsp3) is 0.533. The standard InChI is InChI=1S/C15H20BrClN2O2.ClH/c1-10-9-18-6-4-13(10)19-15(20)5-7-21-14-3-2-11(17)8-12(14)16;/h2-3,8,10,13,18H,4-7,9H2,1H3,(H,19,20);1H. The van der Waals surface area contributed by atoms with Crippen molar-refractivity contribution in [3.05, 3.63) is 27.7 Å². The molecule has 1 fully saturated rings. The van der Waals surface area contributed by atoms with Gasteiger partial charge in [0.25, 0.3) is 0 Å². The molecule has 0 aromatic heterocycles. The van der Waals surface area contributed by atoms with E-state index in [-0.39, 0.29) is 24.4 Å². The Kier molecular flexibility index (Phi) is 8.54. The van der Waals surface area contributed by atoms with E-state index in [0.717, 1.165) is 24.0 Å². The van der Waals surface area contributed by atoms with Gasteiger partial charge in [0.15, 0.2) is 0 Å². The van der Waals surface area contributed by atoms with E-state index in [2.05, 4.69) is 33.5 Å². The first-order valence-corrected chi connectivity index (χ1v) is 8.31. The predicted molar refractivity (Wildman–Crippen MR) is 95.1 cm³/mol. The molecule has 2 N–H and O–H groups in total. The Hall–Kier alpha value is -0.490. The lowest BCUT2D eigenvalue weighted by Crippen LogP contribution is -2.48. The molecule has 0 spiro atoms. The van der Waals surface area contributed by atoms with Crippen LogP contribution in [-0.2, 0) is 4.79 Å². The SMILES string of the molecule is CC1CNCCC1NC(=O)CCOc1ccc(Cl)cc1Br.Cl. The van der Waals surface area contributed by atoms with Gasteiger partial charge in [-0.3, -0.25) is 4.79 Å². The second-order valence-electron chi connectivity index (χ2n) is 5.32. The molecule has 2 atom stereocenters. The Balaban J connectivity index is 0.00000242. The molecular weight excluding hydrogens is 391 g/mol. The van der Waals surface area contributed by atoms with Gasteiger partial charge in [0.05, 0.1) is 17.5 Å². The van der Waals surface area contributed by atoms with Crippen molar-refractivity contribution >= 4 is 45.8 Å². The second-order valence-corrected chi connectivity index (χ2v) is 6.61. The van der Waals surface area contributed by atoms with E-state index in [1.807, 2.05) is 0 Å². The summed E-state index contributed by atoms with van der Waals surface area (Å²) in [6.07, 6.45) is 1.34. The van der Waals surface area contributed by atoms with Gasteiger partial charge in [0.1, 0.15) is 5.75 Å². The minimum absolute atomic E-state index is 0. The number of rotatable bonds is 5. The van der Waals surface area contributed by atoms with Crippen LogP contribution >= 0.6 is 39.9 Å². The summed E-state index contributed by atoms with van der Waals surface area (Å²) in [4.78, 5) is 11.9. The molecule has 1 aliphatic rings. The van der Waals surface area contributed by atoms with Crippen LogP contribution in [0.25, 0.3) is 0 Å². The molecule has 0 radical (unpaired) electrons. The summed E-state index contributed by atoms with van der Waals surface area (Å²) < 4.78 is 6.39. The highest BCUT2D eigenvalue weighted by Crippen LogP contribution is 2.27. The first kappa shape index (κ1) is 19.6. The number of benzene rings is 1. The Labute approximate surface area is 150 Å². The zero-order valence-electron chi connectivity index (χ0n) is 12.4. The highest BCUT2D eigenvalue weighted by Gasteiger charge is 2.22. The minimum Gasteiger partial charge on any atom is -0.492 e. The van der Waals surface area contributed by atoms with Gasteiger partial charge < -0.3 is 15.4 Å². The lowest BCUT2D eigenvalue weighted by molar-refractivity contribution is -0.122. The van der Waals surface area contributed by atoms with Crippen LogP contribution < -0.4 is 15.4 Å². The molecule has 1 aliphatic heterocycles. The van der Waals surface area contributed by atoms with Crippen LogP contribution in [0.15, 0.2) is 22.7 Å². The number of hydrogen-bond donors (Lipinski definition) is 2. The Morgan fingerprint density at radius 2 is 2.32 bits per heavy atom. The highest BCUT2D eigenvalue weighted by molar-refractivity contribution is 9.10. The number of nitrogens with one attached hydrogen (secondary N) is 2. The molecule has 0 saturated carbocycles. The normalized spacial score (nSPS) is 20.9. The van der Waals surface area contributed by atoms with E-state index in [1.165, 1.54) is 0 Å². The van der Waals surface area contributed by atoms with Crippen molar-refractivity contribution in [3.8, 4) is 5.75 Å². The van der Waals surface area contributed by atoms with Crippen LogP contribution in [0.3, 0.4) is 0 Å².